The highest BCUT2D eigenvalue weighted by Gasteiger charge is 2.09. The maximum atomic E-state index is 5.73. The second-order valence-corrected chi connectivity index (χ2v) is 4.15. The first-order valence-corrected chi connectivity index (χ1v) is 6.25. The Hall–Kier alpha value is -1.03. The SMILES string of the molecule is CCCN(CCC)Cc1cc(N)nn1CC. The van der Waals surface area contributed by atoms with E-state index in [0.29, 0.717) is 5.82 Å². The molecule has 2 N–H and O–H groups in total. The fraction of sp³-hybridized carbons (Fsp3) is 0.750. The highest BCUT2D eigenvalue weighted by Crippen LogP contribution is 2.10. The minimum atomic E-state index is 0.629. The fourth-order valence-electron chi connectivity index (χ4n) is 2.01. The molecule has 16 heavy (non-hydrogen) atoms. The van der Waals surface area contributed by atoms with Crippen LogP contribution in [0.15, 0.2) is 6.07 Å². The topological polar surface area (TPSA) is 47.1 Å². The van der Waals surface area contributed by atoms with Crippen LogP contribution in [0.1, 0.15) is 39.3 Å². The first kappa shape index (κ1) is 13.0. The molecule has 0 aromatic carbocycles. The third kappa shape index (κ3) is 3.52. The first-order valence-electron chi connectivity index (χ1n) is 6.25. The van der Waals surface area contributed by atoms with Gasteiger partial charge >= 0.3 is 0 Å². The normalized spacial score (nSPS) is 11.2. The van der Waals surface area contributed by atoms with Gasteiger partial charge in [0.25, 0.3) is 0 Å². The van der Waals surface area contributed by atoms with E-state index in [1.165, 1.54) is 18.5 Å². The van der Waals surface area contributed by atoms with Crippen LogP contribution in [0.3, 0.4) is 0 Å². The Bertz CT molecular complexity index is 300. The summed E-state index contributed by atoms with van der Waals surface area (Å²) in [5.41, 5.74) is 6.95. The molecular weight excluding hydrogens is 200 g/mol. The Morgan fingerprint density at radius 2 is 1.88 bits per heavy atom. The van der Waals surface area contributed by atoms with Crippen LogP contribution < -0.4 is 5.73 Å². The van der Waals surface area contributed by atoms with Crippen molar-refractivity contribution in [3.05, 3.63) is 11.8 Å². The van der Waals surface area contributed by atoms with E-state index in [4.69, 9.17) is 5.73 Å². The number of hydrogen-bond donors (Lipinski definition) is 1. The molecule has 0 amide bonds. The van der Waals surface area contributed by atoms with Crippen molar-refractivity contribution in [2.75, 3.05) is 18.8 Å². The summed E-state index contributed by atoms with van der Waals surface area (Å²) in [7, 11) is 0. The van der Waals surface area contributed by atoms with Crippen molar-refractivity contribution < 1.29 is 0 Å². The van der Waals surface area contributed by atoms with Crippen LogP contribution in [-0.2, 0) is 13.1 Å². The number of hydrogen-bond acceptors (Lipinski definition) is 3. The zero-order valence-corrected chi connectivity index (χ0v) is 10.7. The van der Waals surface area contributed by atoms with E-state index in [-0.39, 0.29) is 0 Å². The lowest BCUT2D eigenvalue weighted by Gasteiger charge is -2.21. The molecule has 0 saturated heterocycles. The molecule has 1 heterocycles. The van der Waals surface area contributed by atoms with Gasteiger partial charge in [0.15, 0.2) is 0 Å². The molecule has 0 aliphatic heterocycles. The van der Waals surface area contributed by atoms with Crippen molar-refractivity contribution in [3.63, 3.8) is 0 Å². The van der Waals surface area contributed by atoms with Crippen LogP contribution >= 0.6 is 0 Å². The summed E-state index contributed by atoms with van der Waals surface area (Å²) in [5, 5.41) is 4.27. The molecule has 0 fully saturated rings. The van der Waals surface area contributed by atoms with Gasteiger partial charge in [-0.1, -0.05) is 13.8 Å². The Labute approximate surface area is 98.4 Å². The molecule has 4 nitrogen and oxygen atoms in total. The second kappa shape index (κ2) is 6.53. The molecule has 0 aliphatic rings. The van der Waals surface area contributed by atoms with E-state index in [0.717, 1.165) is 26.2 Å². The molecule has 92 valence electrons. The van der Waals surface area contributed by atoms with Gasteiger partial charge < -0.3 is 5.73 Å². The summed E-state index contributed by atoms with van der Waals surface area (Å²) in [4.78, 5) is 2.46. The summed E-state index contributed by atoms with van der Waals surface area (Å²) in [6.07, 6.45) is 2.38. The maximum absolute atomic E-state index is 5.73. The summed E-state index contributed by atoms with van der Waals surface area (Å²) >= 11 is 0. The van der Waals surface area contributed by atoms with Gasteiger partial charge in [-0.2, -0.15) is 5.10 Å². The minimum absolute atomic E-state index is 0.629. The van der Waals surface area contributed by atoms with E-state index < -0.39 is 0 Å². The molecular formula is C12H24N4. The summed E-state index contributed by atoms with van der Waals surface area (Å²) < 4.78 is 1.99. The van der Waals surface area contributed by atoms with Gasteiger partial charge in [-0.15, -0.1) is 0 Å². The van der Waals surface area contributed by atoms with E-state index in [2.05, 4.69) is 30.8 Å². The summed E-state index contributed by atoms with van der Waals surface area (Å²) in [6, 6.07) is 1.99. The Morgan fingerprint density at radius 3 is 2.38 bits per heavy atom. The average molecular weight is 224 g/mol. The van der Waals surface area contributed by atoms with Crippen LogP contribution in [0.5, 0.6) is 0 Å². The highest BCUT2D eigenvalue weighted by molar-refractivity contribution is 5.29. The molecule has 0 radical (unpaired) electrons. The quantitative estimate of drug-likeness (QED) is 0.771. The number of nitrogen functional groups attached to an aromatic ring is 1. The highest BCUT2D eigenvalue weighted by atomic mass is 15.3. The lowest BCUT2D eigenvalue weighted by Crippen LogP contribution is -2.26. The van der Waals surface area contributed by atoms with Crippen LogP contribution in [0, 0.1) is 0 Å². The molecule has 1 rings (SSSR count). The van der Waals surface area contributed by atoms with Crippen LogP contribution in [0.2, 0.25) is 0 Å². The molecule has 0 atom stereocenters. The number of nitrogens with two attached hydrogens (primary N) is 1. The standard InChI is InChI=1S/C12H24N4/c1-4-7-15(8-5-2)10-11-9-12(13)14-16(11)6-3/h9H,4-8,10H2,1-3H3,(H2,13,14). The molecule has 1 aromatic heterocycles. The zero-order valence-electron chi connectivity index (χ0n) is 10.7. The van der Waals surface area contributed by atoms with Gasteiger partial charge in [0, 0.05) is 19.2 Å². The predicted molar refractivity (Wildman–Crippen MR) is 68.2 cm³/mol. The minimum Gasteiger partial charge on any atom is -0.382 e. The fourth-order valence-corrected chi connectivity index (χ4v) is 2.01. The molecule has 0 spiro atoms. The third-order valence-corrected chi connectivity index (χ3v) is 2.65. The lowest BCUT2D eigenvalue weighted by atomic mass is 10.3. The Morgan fingerprint density at radius 1 is 1.25 bits per heavy atom. The molecule has 1 aromatic rings. The molecule has 0 unspecified atom stereocenters. The van der Waals surface area contributed by atoms with E-state index >= 15 is 0 Å². The van der Waals surface area contributed by atoms with Crippen molar-refractivity contribution in [2.45, 2.75) is 46.7 Å². The average Bonchev–Trinajstić information content (AvgIpc) is 2.59. The number of aromatic nitrogens is 2. The number of nitrogens with zero attached hydrogens (tertiary/aromatic N) is 3. The maximum Gasteiger partial charge on any atom is 0.145 e. The summed E-state index contributed by atoms with van der Waals surface area (Å²) in [6.45, 7) is 10.7. The van der Waals surface area contributed by atoms with Crippen molar-refractivity contribution in [3.8, 4) is 0 Å². The van der Waals surface area contributed by atoms with Crippen LogP contribution in [0.4, 0.5) is 5.82 Å². The van der Waals surface area contributed by atoms with Gasteiger partial charge in [0.1, 0.15) is 5.82 Å². The largest absolute Gasteiger partial charge is 0.382 e. The Kier molecular flexibility index (Phi) is 5.32. The Balaban J connectivity index is 2.67. The van der Waals surface area contributed by atoms with Gasteiger partial charge in [-0.25, -0.2) is 0 Å². The molecule has 4 heteroatoms. The van der Waals surface area contributed by atoms with E-state index in [9.17, 15) is 0 Å². The second-order valence-electron chi connectivity index (χ2n) is 4.15. The van der Waals surface area contributed by atoms with Gasteiger partial charge in [0.05, 0.1) is 5.69 Å². The molecule has 0 bridgehead atoms. The third-order valence-electron chi connectivity index (χ3n) is 2.65. The van der Waals surface area contributed by atoms with E-state index in [1.807, 2.05) is 10.7 Å². The van der Waals surface area contributed by atoms with Crippen molar-refractivity contribution in [2.24, 2.45) is 0 Å². The van der Waals surface area contributed by atoms with Crippen molar-refractivity contribution >= 4 is 5.82 Å². The number of anilines is 1. The van der Waals surface area contributed by atoms with Crippen LogP contribution in [0.25, 0.3) is 0 Å². The monoisotopic (exact) mass is 224 g/mol. The summed E-state index contributed by atoms with van der Waals surface area (Å²) in [5.74, 6) is 0.629. The lowest BCUT2D eigenvalue weighted by molar-refractivity contribution is 0.258. The smallest absolute Gasteiger partial charge is 0.145 e. The number of rotatable bonds is 7. The van der Waals surface area contributed by atoms with Crippen molar-refractivity contribution in [1.82, 2.24) is 14.7 Å². The van der Waals surface area contributed by atoms with Gasteiger partial charge in [-0.3, -0.25) is 9.58 Å². The van der Waals surface area contributed by atoms with Gasteiger partial charge in [-0.05, 0) is 32.9 Å². The first-order chi connectivity index (χ1) is 7.71. The van der Waals surface area contributed by atoms with E-state index in [1.54, 1.807) is 0 Å². The van der Waals surface area contributed by atoms with Crippen LogP contribution in [-0.4, -0.2) is 27.8 Å². The molecule has 0 aliphatic carbocycles. The number of aryl methyl sites for hydroxylation is 1. The molecule has 0 saturated carbocycles. The van der Waals surface area contributed by atoms with Gasteiger partial charge in [0.2, 0.25) is 0 Å². The van der Waals surface area contributed by atoms with Crippen molar-refractivity contribution in [1.29, 1.82) is 0 Å². The zero-order chi connectivity index (χ0) is 12.0. The predicted octanol–water partition coefficient (Wildman–Crippen LogP) is 2.11.